The molecule has 7 heteroatoms. The smallest absolute Gasteiger partial charge is 1.00 e. The summed E-state index contributed by atoms with van der Waals surface area (Å²) in [7, 11) is -4.05. The van der Waals surface area contributed by atoms with Gasteiger partial charge in [0.25, 0.3) is 10.1 Å². The molecular formula is C4H10ClNaO4S. The molecule has 0 saturated carbocycles. The third kappa shape index (κ3) is 11.2. The molecule has 0 aliphatic carbocycles. The molecule has 0 aliphatic heterocycles. The Morgan fingerprint density at radius 1 is 1.55 bits per heavy atom. The monoisotopic (exact) mass is 212 g/mol. The molecule has 0 spiro atoms. The molecule has 0 aliphatic rings. The summed E-state index contributed by atoms with van der Waals surface area (Å²) in [6.07, 6.45) is -0.894. The van der Waals surface area contributed by atoms with Crippen LogP contribution in [-0.4, -0.2) is 35.8 Å². The summed E-state index contributed by atoms with van der Waals surface area (Å²) in [5.41, 5.74) is 0. The van der Waals surface area contributed by atoms with Crippen molar-refractivity contribution in [2.45, 2.75) is 12.5 Å². The van der Waals surface area contributed by atoms with Gasteiger partial charge in [-0.25, -0.2) is 0 Å². The van der Waals surface area contributed by atoms with Crippen molar-refractivity contribution in [1.29, 1.82) is 0 Å². The van der Waals surface area contributed by atoms with E-state index in [0.717, 1.165) is 0 Å². The van der Waals surface area contributed by atoms with E-state index >= 15 is 0 Å². The summed E-state index contributed by atoms with van der Waals surface area (Å²) < 4.78 is 28.3. The minimum absolute atomic E-state index is 0. The quantitative estimate of drug-likeness (QED) is 0.296. The first kappa shape index (κ1) is 14.7. The minimum Gasteiger partial charge on any atom is -1.00 e. The van der Waals surface area contributed by atoms with Gasteiger partial charge in [0.05, 0.1) is 6.10 Å². The average Bonchev–Trinajstić information content (AvgIpc) is 1.59. The molecule has 4 nitrogen and oxygen atoms in total. The van der Waals surface area contributed by atoms with Crippen LogP contribution in [0.5, 0.6) is 0 Å². The summed E-state index contributed by atoms with van der Waals surface area (Å²) in [5.74, 6) is -0.462. The Morgan fingerprint density at radius 3 is 2.27 bits per heavy atom. The van der Waals surface area contributed by atoms with E-state index in [0.29, 0.717) is 0 Å². The third-order valence-electron chi connectivity index (χ3n) is 0.845. The van der Waals surface area contributed by atoms with E-state index in [1.54, 1.807) is 0 Å². The van der Waals surface area contributed by atoms with Crippen LogP contribution in [0.3, 0.4) is 0 Å². The van der Waals surface area contributed by atoms with Crippen molar-refractivity contribution in [3.8, 4) is 0 Å². The molecule has 0 aromatic carbocycles. The summed E-state index contributed by atoms with van der Waals surface area (Å²) in [6, 6.07) is 0. The molecule has 0 aromatic rings. The Hall–Kier alpha value is 1.16. The van der Waals surface area contributed by atoms with Crippen LogP contribution in [0.4, 0.5) is 0 Å². The van der Waals surface area contributed by atoms with Gasteiger partial charge in [-0.15, -0.1) is 11.6 Å². The molecule has 0 heterocycles. The SMILES string of the molecule is O=S(=O)(O)CC(O)CCCl.[H-].[Na+]. The van der Waals surface area contributed by atoms with Crippen molar-refractivity contribution in [3.05, 3.63) is 0 Å². The molecule has 0 aromatic heterocycles. The van der Waals surface area contributed by atoms with Crippen molar-refractivity contribution in [1.82, 2.24) is 0 Å². The van der Waals surface area contributed by atoms with Gasteiger partial charge in [-0.2, -0.15) is 8.42 Å². The van der Waals surface area contributed by atoms with Crippen molar-refractivity contribution in [2.75, 3.05) is 11.6 Å². The first-order valence-electron chi connectivity index (χ1n) is 2.65. The zero-order valence-electron chi connectivity index (χ0n) is 7.20. The molecule has 0 radical (unpaired) electrons. The molecule has 0 bridgehead atoms. The summed E-state index contributed by atoms with van der Waals surface area (Å²) in [5, 5.41) is 8.76. The van der Waals surface area contributed by atoms with Gasteiger partial charge in [0.2, 0.25) is 0 Å². The van der Waals surface area contributed by atoms with Crippen LogP contribution in [0, 0.1) is 0 Å². The van der Waals surface area contributed by atoms with Gasteiger partial charge in [0.15, 0.2) is 0 Å². The van der Waals surface area contributed by atoms with Crippen LogP contribution in [0.1, 0.15) is 7.85 Å². The molecule has 1 unspecified atom stereocenters. The Kier molecular flexibility index (Phi) is 8.87. The molecular weight excluding hydrogens is 203 g/mol. The molecule has 0 amide bonds. The van der Waals surface area contributed by atoms with Crippen molar-refractivity contribution in [2.24, 2.45) is 0 Å². The molecule has 0 rings (SSSR count). The number of aliphatic hydroxyl groups is 1. The van der Waals surface area contributed by atoms with E-state index in [9.17, 15) is 8.42 Å². The van der Waals surface area contributed by atoms with Crippen LogP contribution in [-0.2, 0) is 10.1 Å². The van der Waals surface area contributed by atoms with E-state index in [-0.39, 0.29) is 43.3 Å². The second-order valence-corrected chi connectivity index (χ2v) is 3.76. The Balaban J connectivity index is -0.000000405. The van der Waals surface area contributed by atoms with E-state index in [1.807, 2.05) is 0 Å². The van der Waals surface area contributed by atoms with Gasteiger partial charge in [-0.05, 0) is 6.42 Å². The van der Waals surface area contributed by atoms with Gasteiger partial charge in [0.1, 0.15) is 5.75 Å². The van der Waals surface area contributed by atoms with Gasteiger partial charge in [-0.1, -0.05) is 0 Å². The number of aliphatic hydroxyl groups excluding tert-OH is 1. The molecule has 11 heavy (non-hydrogen) atoms. The first-order valence-corrected chi connectivity index (χ1v) is 4.79. The van der Waals surface area contributed by atoms with Crippen LogP contribution in [0.25, 0.3) is 0 Å². The summed E-state index contributed by atoms with van der Waals surface area (Å²) in [4.78, 5) is 0. The van der Waals surface area contributed by atoms with Crippen LogP contribution >= 0.6 is 11.6 Å². The number of alkyl halides is 1. The second kappa shape index (κ2) is 6.65. The van der Waals surface area contributed by atoms with E-state index in [2.05, 4.69) is 0 Å². The maximum absolute atomic E-state index is 10.1. The van der Waals surface area contributed by atoms with Crippen LogP contribution in [0.15, 0.2) is 0 Å². The number of halogens is 1. The standard InChI is InChI=1S/C4H9ClO4S.Na.H/c5-2-1-4(6)3-10(7,8)9;;/h4,6H,1-3H2,(H,7,8,9);;/q;+1;-1. The van der Waals surface area contributed by atoms with Gasteiger partial charge in [0, 0.05) is 5.88 Å². The maximum Gasteiger partial charge on any atom is 1.00 e. The Labute approximate surface area is 94.5 Å². The third-order valence-corrected chi connectivity index (χ3v) is 1.87. The maximum atomic E-state index is 10.1. The zero-order chi connectivity index (χ0) is 8.20. The van der Waals surface area contributed by atoms with Crippen molar-refractivity contribution in [3.63, 3.8) is 0 Å². The van der Waals surface area contributed by atoms with Gasteiger partial charge < -0.3 is 6.53 Å². The number of hydrogen-bond acceptors (Lipinski definition) is 3. The van der Waals surface area contributed by atoms with Crippen LogP contribution < -0.4 is 29.6 Å². The van der Waals surface area contributed by atoms with Gasteiger partial charge in [-0.3, -0.25) is 4.55 Å². The molecule has 0 saturated heterocycles. The molecule has 1 atom stereocenters. The topological polar surface area (TPSA) is 74.6 Å². The Bertz CT molecular complexity index is 185. The fourth-order valence-corrected chi connectivity index (χ4v) is 1.36. The minimum atomic E-state index is -4.05. The molecule has 64 valence electrons. The first-order chi connectivity index (χ1) is 4.45. The predicted molar refractivity (Wildman–Crippen MR) is 38.9 cm³/mol. The predicted octanol–water partition coefficient (Wildman–Crippen LogP) is -3.02. The van der Waals surface area contributed by atoms with E-state index in [1.165, 1.54) is 0 Å². The zero-order valence-corrected chi connectivity index (χ0v) is 9.77. The number of rotatable bonds is 4. The van der Waals surface area contributed by atoms with E-state index < -0.39 is 22.0 Å². The average molecular weight is 213 g/mol. The van der Waals surface area contributed by atoms with Crippen molar-refractivity contribution >= 4 is 21.7 Å². The second-order valence-electron chi connectivity index (χ2n) is 1.88. The van der Waals surface area contributed by atoms with Crippen molar-refractivity contribution < 1.29 is 49.1 Å². The van der Waals surface area contributed by atoms with Crippen LogP contribution in [0.2, 0.25) is 0 Å². The normalized spacial score (nSPS) is 13.7. The molecule has 0 fully saturated rings. The Morgan fingerprint density at radius 2 is 2.00 bits per heavy atom. The fraction of sp³-hybridized carbons (Fsp3) is 1.00. The summed E-state index contributed by atoms with van der Waals surface area (Å²) >= 11 is 5.19. The van der Waals surface area contributed by atoms with E-state index in [4.69, 9.17) is 21.3 Å². The number of hydrogen-bond donors (Lipinski definition) is 2. The summed E-state index contributed by atoms with van der Waals surface area (Å²) in [6.45, 7) is 0. The fourth-order valence-electron chi connectivity index (χ4n) is 0.452. The molecule has 2 N–H and O–H groups in total. The largest absolute Gasteiger partial charge is 1.00 e. The van der Waals surface area contributed by atoms with Gasteiger partial charge >= 0.3 is 29.6 Å².